The molecule has 6 nitrogen and oxygen atoms in total. The second-order valence-electron chi connectivity index (χ2n) is 6.68. The number of rotatable bonds is 3. The Morgan fingerprint density at radius 3 is 2.61 bits per heavy atom. The molecule has 1 fully saturated rings. The standard InChI is InChI=1S/C18H14ClF3N4O2/c1-25-14-4-9(17(27)28)2-3-12(14)15(24-25)10-7-26(8-10)16-13(19)5-11(6-23-16)18(20,21)22/h2-6,10H,7-8H2,1H3,(H,27,28). The highest BCUT2D eigenvalue weighted by Crippen LogP contribution is 2.38. The first-order chi connectivity index (χ1) is 13.1. The molecule has 28 heavy (non-hydrogen) atoms. The lowest BCUT2D eigenvalue weighted by molar-refractivity contribution is -0.137. The number of carboxylic acid groups (broad SMARTS) is 1. The van der Waals surface area contributed by atoms with Crippen LogP contribution in [0, 0.1) is 0 Å². The van der Waals surface area contributed by atoms with E-state index in [0.717, 1.165) is 23.3 Å². The predicted molar refractivity (Wildman–Crippen MR) is 96.9 cm³/mol. The number of aromatic nitrogens is 3. The summed E-state index contributed by atoms with van der Waals surface area (Å²) in [5.41, 5.74) is 0.814. The summed E-state index contributed by atoms with van der Waals surface area (Å²) >= 11 is 6.00. The number of aryl methyl sites for hydroxylation is 1. The molecule has 1 aromatic carbocycles. The summed E-state index contributed by atoms with van der Waals surface area (Å²) < 4.78 is 39.9. The lowest BCUT2D eigenvalue weighted by atomic mass is 9.93. The van der Waals surface area contributed by atoms with Gasteiger partial charge in [0.15, 0.2) is 0 Å². The maximum absolute atomic E-state index is 12.7. The molecule has 146 valence electrons. The molecule has 0 radical (unpaired) electrons. The van der Waals surface area contributed by atoms with E-state index in [1.807, 2.05) is 0 Å². The van der Waals surface area contributed by atoms with Crippen LogP contribution in [-0.2, 0) is 13.2 Å². The SMILES string of the molecule is Cn1nc(C2CN(c3ncc(C(F)(F)F)cc3Cl)C2)c2ccc(C(=O)O)cc21. The minimum atomic E-state index is -4.49. The van der Waals surface area contributed by atoms with Crippen molar-refractivity contribution < 1.29 is 23.1 Å². The van der Waals surface area contributed by atoms with Gasteiger partial charge in [-0.1, -0.05) is 17.7 Å². The van der Waals surface area contributed by atoms with Crippen LogP contribution < -0.4 is 4.90 Å². The van der Waals surface area contributed by atoms with Crippen LogP contribution in [0.2, 0.25) is 5.02 Å². The highest BCUT2D eigenvalue weighted by Gasteiger charge is 2.36. The average molecular weight is 411 g/mol. The third kappa shape index (κ3) is 3.05. The number of hydrogen-bond donors (Lipinski definition) is 1. The van der Waals surface area contributed by atoms with Crippen molar-refractivity contribution in [3.8, 4) is 0 Å². The summed E-state index contributed by atoms with van der Waals surface area (Å²) in [4.78, 5) is 16.8. The molecule has 1 N–H and O–H groups in total. The highest BCUT2D eigenvalue weighted by molar-refractivity contribution is 6.33. The number of benzene rings is 1. The van der Waals surface area contributed by atoms with Gasteiger partial charge in [-0.05, 0) is 18.2 Å². The quantitative estimate of drug-likeness (QED) is 0.708. The predicted octanol–water partition coefficient (Wildman–Crippen LogP) is 3.94. The van der Waals surface area contributed by atoms with Crippen molar-refractivity contribution in [2.75, 3.05) is 18.0 Å². The number of nitrogens with zero attached hydrogens (tertiary/aromatic N) is 4. The molecule has 4 rings (SSSR count). The number of aromatic carboxylic acids is 1. The van der Waals surface area contributed by atoms with E-state index < -0.39 is 17.7 Å². The van der Waals surface area contributed by atoms with Crippen LogP contribution in [0.25, 0.3) is 10.9 Å². The molecular formula is C18H14ClF3N4O2. The number of anilines is 1. The Morgan fingerprint density at radius 1 is 1.29 bits per heavy atom. The van der Waals surface area contributed by atoms with Crippen molar-refractivity contribution >= 4 is 34.3 Å². The first kappa shape index (κ1) is 18.5. The van der Waals surface area contributed by atoms with E-state index in [4.69, 9.17) is 16.7 Å². The molecule has 3 aromatic rings. The lowest BCUT2D eigenvalue weighted by Gasteiger charge is -2.40. The molecule has 0 bridgehead atoms. The van der Waals surface area contributed by atoms with Gasteiger partial charge in [0.05, 0.1) is 27.4 Å². The molecule has 0 spiro atoms. The van der Waals surface area contributed by atoms with E-state index >= 15 is 0 Å². The van der Waals surface area contributed by atoms with Crippen molar-refractivity contribution in [3.05, 3.63) is 52.3 Å². The Balaban J connectivity index is 1.57. The molecule has 0 amide bonds. The molecule has 0 unspecified atom stereocenters. The second kappa shape index (κ2) is 6.37. The van der Waals surface area contributed by atoms with Gasteiger partial charge in [-0.15, -0.1) is 0 Å². The smallest absolute Gasteiger partial charge is 0.417 e. The van der Waals surface area contributed by atoms with Gasteiger partial charge in [-0.2, -0.15) is 18.3 Å². The minimum absolute atomic E-state index is 0.0412. The highest BCUT2D eigenvalue weighted by atomic mass is 35.5. The Hall–Kier alpha value is -2.81. The molecule has 1 saturated heterocycles. The van der Waals surface area contributed by atoms with Crippen molar-refractivity contribution in [1.82, 2.24) is 14.8 Å². The van der Waals surface area contributed by atoms with Crippen LogP contribution in [0.15, 0.2) is 30.5 Å². The molecule has 0 atom stereocenters. The maximum Gasteiger partial charge on any atom is 0.417 e. The summed E-state index contributed by atoms with van der Waals surface area (Å²) in [5.74, 6) is -0.665. The average Bonchev–Trinajstić information content (AvgIpc) is 2.90. The van der Waals surface area contributed by atoms with E-state index in [0.29, 0.717) is 24.4 Å². The molecule has 0 aliphatic carbocycles. The van der Waals surface area contributed by atoms with Gasteiger partial charge in [0.25, 0.3) is 0 Å². The third-order valence-corrected chi connectivity index (χ3v) is 5.12. The van der Waals surface area contributed by atoms with Crippen LogP contribution in [-0.4, -0.2) is 38.9 Å². The van der Waals surface area contributed by atoms with Crippen LogP contribution in [0.4, 0.5) is 19.0 Å². The lowest BCUT2D eigenvalue weighted by Crippen LogP contribution is -2.46. The summed E-state index contributed by atoms with van der Waals surface area (Å²) in [7, 11) is 1.74. The number of alkyl halides is 3. The maximum atomic E-state index is 12.7. The monoisotopic (exact) mass is 410 g/mol. The molecule has 10 heteroatoms. The fraction of sp³-hybridized carbons (Fsp3) is 0.278. The van der Waals surface area contributed by atoms with Gasteiger partial charge in [0.1, 0.15) is 5.82 Å². The fourth-order valence-corrected chi connectivity index (χ4v) is 3.65. The number of fused-ring (bicyclic) bond motifs is 1. The van der Waals surface area contributed by atoms with Crippen LogP contribution in [0.3, 0.4) is 0 Å². The summed E-state index contributed by atoms with van der Waals surface area (Å²) in [6.07, 6.45) is -3.72. The first-order valence-corrected chi connectivity index (χ1v) is 8.70. The van der Waals surface area contributed by atoms with Gasteiger partial charge in [-0.25, -0.2) is 9.78 Å². The van der Waals surface area contributed by atoms with Crippen molar-refractivity contribution in [1.29, 1.82) is 0 Å². The third-order valence-electron chi connectivity index (χ3n) is 4.84. The Morgan fingerprint density at radius 2 is 2.00 bits per heavy atom. The van der Waals surface area contributed by atoms with Gasteiger partial charge < -0.3 is 10.0 Å². The number of hydrogen-bond acceptors (Lipinski definition) is 4. The number of carbonyl (C=O) groups is 1. The minimum Gasteiger partial charge on any atom is -0.478 e. The van der Waals surface area contributed by atoms with E-state index in [1.165, 1.54) is 6.07 Å². The van der Waals surface area contributed by atoms with Crippen LogP contribution >= 0.6 is 11.6 Å². The Kier molecular flexibility index (Phi) is 4.22. The molecule has 2 aromatic heterocycles. The van der Waals surface area contributed by atoms with Crippen molar-refractivity contribution in [3.63, 3.8) is 0 Å². The molecule has 0 saturated carbocycles. The van der Waals surface area contributed by atoms with Gasteiger partial charge >= 0.3 is 12.1 Å². The van der Waals surface area contributed by atoms with Crippen molar-refractivity contribution in [2.24, 2.45) is 7.05 Å². The van der Waals surface area contributed by atoms with E-state index in [-0.39, 0.29) is 16.5 Å². The van der Waals surface area contributed by atoms with Crippen LogP contribution in [0.1, 0.15) is 27.5 Å². The second-order valence-corrected chi connectivity index (χ2v) is 7.08. The normalized spacial score (nSPS) is 15.1. The van der Waals surface area contributed by atoms with E-state index in [2.05, 4.69) is 10.1 Å². The topological polar surface area (TPSA) is 71.2 Å². The van der Waals surface area contributed by atoms with E-state index in [9.17, 15) is 18.0 Å². The summed E-state index contributed by atoms with van der Waals surface area (Å²) in [6, 6.07) is 5.70. The van der Waals surface area contributed by atoms with E-state index in [1.54, 1.807) is 28.8 Å². The zero-order valence-corrected chi connectivity index (χ0v) is 15.3. The first-order valence-electron chi connectivity index (χ1n) is 8.33. The zero-order valence-electron chi connectivity index (χ0n) is 14.5. The molecular weight excluding hydrogens is 397 g/mol. The fourth-order valence-electron chi connectivity index (χ4n) is 3.36. The molecule has 1 aliphatic heterocycles. The number of carboxylic acids is 1. The van der Waals surface area contributed by atoms with Crippen LogP contribution in [0.5, 0.6) is 0 Å². The number of pyridine rings is 1. The Labute approximate surface area is 162 Å². The summed E-state index contributed by atoms with van der Waals surface area (Å²) in [6.45, 7) is 1.01. The zero-order chi connectivity index (χ0) is 20.2. The van der Waals surface area contributed by atoms with Gasteiger partial charge in [0.2, 0.25) is 0 Å². The Bertz CT molecular complexity index is 1090. The van der Waals surface area contributed by atoms with Crippen molar-refractivity contribution in [2.45, 2.75) is 12.1 Å². The number of halogens is 4. The van der Waals surface area contributed by atoms with Gasteiger partial charge in [0, 0.05) is 37.6 Å². The largest absolute Gasteiger partial charge is 0.478 e. The molecule has 3 heterocycles. The van der Waals surface area contributed by atoms with Gasteiger partial charge in [-0.3, -0.25) is 4.68 Å². The summed E-state index contributed by atoms with van der Waals surface area (Å²) in [5, 5.41) is 14.4. The molecule has 1 aliphatic rings.